The van der Waals surface area contributed by atoms with Crippen molar-refractivity contribution in [2.24, 2.45) is 0 Å². The van der Waals surface area contributed by atoms with Gasteiger partial charge in [-0.3, -0.25) is 4.90 Å². The molecule has 0 amide bonds. The van der Waals surface area contributed by atoms with Crippen LogP contribution in [0.1, 0.15) is 33.1 Å². The average Bonchev–Trinajstić information content (AvgIpc) is 2.86. The molecule has 1 fully saturated rings. The lowest BCUT2D eigenvalue weighted by Gasteiger charge is -2.25. The molecule has 84 valence electrons. The molecule has 1 aliphatic rings. The minimum absolute atomic E-state index is 0.541. The van der Waals surface area contributed by atoms with Crippen molar-refractivity contribution in [1.82, 2.24) is 4.90 Å². The summed E-state index contributed by atoms with van der Waals surface area (Å²) in [5, 5.41) is 9.64. The topological polar surface area (TPSA) is 32.7 Å². The van der Waals surface area contributed by atoms with Crippen LogP contribution in [0.25, 0.3) is 0 Å². The Balaban J connectivity index is 2.21. The zero-order chi connectivity index (χ0) is 10.6. The first kappa shape index (κ1) is 12.0. The summed E-state index contributed by atoms with van der Waals surface area (Å²) in [4.78, 5) is 2.43. The van der Waals surface area contributed by atoms with Crippen molar-refractivity contribution in [2.45, 2.75) is 44.8 Å². The minimum Gasteiger partial charge on any atom is -0.390 e. The van der Waals surface area contributed by atoms with Crippen molar-refractivity contribution < 1.29 is 9.84 Å². The van der Waals surface area contributed by atoms with E-state index in [9.17, 15) is 5.11 Å². The highest BCUT2D eigenvalue weighted by molar-refractivity contribution is 4.85. The normalized spacial score (nSPS) is 17.8. The zero-order valence-electron chi connectivity index (χ0n) is 9.62. The predicted molar refractivity (Wildman–Crippen MR) is 57.4 cm³/mol. The number of aliphatic hydroxyl groups is 1. The van der Waals surface area contributed by atoms with E-state index in [0.29, 0.717) is 0 Å². The third kappa shape index (κ3) is 4.94. The molecule has 0 aromatic carbocycles. The highest BCUT2D eigenvalue weighted by atomic mass is 16.5. The number of nitrogens with zero attached hydrogens (tertiary/aromatic N) is 1. The van der Waals surface area contributed by atoms with Crippen molar-refractivity contribution in [1.29, 1.82) is 0 Å². The molecule has 1 aliphatic carbocycles. The molecule has 3 heteroatoms. The molecule has 0 aromatic rings. The predicted octanol–water partition coefficient (Wildman–Crippen LogP) is 1.26. The molecule has 1 rings (SSSR count). The summed E-state index contributed by atoms with van der Waals surface area (Å²) in [6, 6.07) is 0.757. The van der Waals surface area contributed by atoms with Gasteiger partial charge < -0.3 is 9.84 Å². The summed E-state index contributed by atoms with van der Waals surface area (Å²) in [5.74, 6) is 0. The van der Waals surface area contributed by atoms with E-state index in [4.69, 9.17) is 4.74 Å². The van der Waals surface area contributed by atoms with Gasteiger partial charge in [0.15, 0.2) is 0 Å². The molecule has 0 radical (unpaired) electrons. The van der Waals surface area contributed by atoms with E-state index in [1.54, 1.807) is 7.11 Å². The Bertz CT molecular complexity index is 161. The summed E-state index contributed by atoms with van der Waals surface area (Å²) < 4.78 is 5.08. The second-order valence-electron chi connectivity index (χ2n) is 4.82. The Morgan fingerprint density at radius 3 is 2.43 bits per heavy atom. The van der Waals surface area contributed by atoms with Gasteiger partial charge in [-0.05, 0) is 33.1 Å². The minimum atomic E-state index is -0.541. The maximum atomic E-state index is 9.64. The molecule has 0 unspecified atom stereocenters. The third-order valence-corrected chi connectivity index (χ3v) is 2.66. The van der Waals surface area contributed by atoms with Gasteiger partial charge >= 0.3 is 0 Å². The molecule has 1 N–H and O–H groups in total. The second kappa shape index (κ2) is 5.10. The Morgan fingerprint density at radius 1 is 1.36 bits per heavy atom. The Labute approximate surface area is 87.1 Å². The summed E-state index contributed by atoms with van der Waals surface area (Å²) in [7, 11) is 1.74. The maximum absolute atomic E-state index is 9.64. The van der Waals surface area contributed by atoms with E-state index in [-0.39, 0.29) is 0 Å². The van der Waals surface area contributed by atoms with Crippen LogP contribution in [0.4, 0.5) is 0 Å². The van der Waals surface area contributed by atoms with Crippen LogP contribution in [0, 0.1) is 0 Å². The van der Waals surface area contributed by atoms with Gasteiger partial charge in [-0.2, -0.15) is 0 Å². The van der Waals surface area contributed by atoms with Gasteiger partial charge in [-0.15, -0.1) is 0 Å². The standard InChI is InChI=1S/C11H23NO2/c1-11(2,13)6-7-12(8-9-14-3)10-4-5-10/h10,13H,4-9H2,1-3H3. The fourth-order valence-electron chi connectivity index (χ4n) is 1.54. The first-order valence-electron chi connectivity index (χ1n) is 5.48. The molecule has 0 aromatic heterocycles. The van der Waals surface area contributed by atoms with E-state index in [1.807, 2.05) is 13.8 Å². The number of methoxy groups -OCH3 is 1. The molecule has 1 saturated carbocycles. The molecular formula is C11H23NO2. The van der Waals surface area contributed by atoms with E-state index >= 15 is 0 Å². The van der Waals surface area contributed by atoms with E-state index in [0.717, 1.165) is 32.2 Å². The van der Waals surface area contributed by atoms with Gasteiger partial charge in [0.1, 0.15) is 0 Å². The van der Waals surface area contributed by atoms with Crippen LogP contribution < -0.4 is 0 Å². The van der Waals surface area contributed by atoms with E-state index in [2.05, 4.69) is 4.90 Å². The van der Waals surface area contributed by atoms with Crippen LogP contribution in [-0.2, 0) is 4.74 Å². The summed E-state index contributed by atoms with van der Waals surface area (Å²) >= 11 is 0. The van der Waals surface area contributed by atoms with Gasteiger partial charge in [-0.25, -0.2) is 0 Å². The van der Waals surface area contributed by atoms with E-state index in [1.165, 1.54) is 12.8 Å². The highest BCUT2D eigenvalue weighted by Gasteiger charge is 2.29. The van der Waals surface area contributed by atoms with Crippen molar-refractivity contribution in [3.63, 3.8) is 0 Å². The molecule has 0 heterocycles. The first-order chi connectivity index (χ1) is 6.53. The fraction of sp³-hybridized carbons (Fsp3) is 1.00. The zero-order valence-corrected chi connectivity index (χ0v) is 9.62. The smallest absolute Gasteiger partial charge is 0.0603 e. The molecule has 14 heavy (non-hydrogen) atoms. The van der Waals surface area contributed by atoms with Gasteiger partial charge in [0.05, 0.1) is 12.2 Å². The van der Waals surface area contributed by atoms with Gasteiger partial charge in [0, 0.05) is 26.2 Å². The van der Waals surface area contributed by atoms with Crippen molar-refractivity contribution in [3.05, 3.63) is 0 Å². The summed E-state index contributed by atoms with van der Waals surface area (Å²) in [5.41, 5.74) is -0.541. The largest absolute Gasteiger partial charge is 0.390 e. The Morgan fingerprint density at radius 2 is 2.00 bits per heavy atom. The number of ether oxygens (including phenoxy) is 1. The molecule has 0 bridgehead atoms. The monoisotopic (exact) mass is 201 g/mol. The maximum Gasteiger partial charge on any atom is 0.0603 e. The molecular weight excluding hydrogens is 178 g/mol. The Kier molecular flexibility index (Phi) is 4.35. The Hall–Kier alpha value is -0.120. The summed E-state index contributed by atoms with van der Waals surface area (Å²) in [6.45, 7) is 6.51. The van der Waals surface area contributed by atoms with Gasteiger partial charge in [-0.1, -0.05) is 0 Å². The first-order valence-corrected chi connectivity index (χ1v) is 5.48. The molecule has 0 spiro atoms. The van der Waals surface area contributed by atoms with Crippen LogP contribution in [0.15, 0.2) is 0 Å². The third-order valence-electron chi connectivity index (χ3n) is 2.66. The lowest BCUT2D eigenvalue weighted by atomic mass is 10.1. The number of hydrogen-bond donors (Lipinski definition) is 1. The SMILES string of the molecule is COCCN(CCC(C)(C)O)C1CC1. The van der Waals surface area contributed by atoms with Gasteiger partial charge in [0.25, 0.3) is 0 Å². The quantitative estimate of drug-likeness (QED) is 0.673. The lowest BCUT2D eigenvalue weighted by Crippen LogP contribution is -2.34. The van der Waals surface area contributed by atoms with E-state index < -0.39 is 5.60 Å². The van der Waals surface area contributed by atoms with Crippen LogP contribution in [0.3, 0.4) is 0 Å². The van der Waals surface area contributed by atoms with Crippen LogP contribution in [-0.4, -0.2) is 48.5 Å². The molecule has 0 atom stereocenters. The average molecular weight is 201 g/mol. The fourth-order valence-corrected chi connectivity index (χ4v) is 1.54. The number of hydrogen-bond acceptors (Lipinski definition) is 3. The lowest BCUT2D eigenvalue weighted by molar-refractivity contribution is 0.0515. The van der Waals surface area contributed by atoms with Crippen molar-refractivity contribution in [2.75, 3.05) is 26.8 Å². The second-order valence-corrected chi connectivity index (χ2v) is 4.82. The molecule has 0 saturated heterocycles. The van der Waals surface area contributed by atoms with Crippen LogP contribution in [0.5, 0.6) is 0 Å². The number of rotatable bonds is 7. The van der Waals surface area contributed by atoms with Crippen LogP contribution >= 0.6 is 0 Å². The molecule has 3 nitrogen and oxygen atoms in total. The summed E-state index contributed by atoms with van der Waals surface area (Å²) in [6.07, 6.45) is 3.47. The van der Waals surface area contributed by atoms with Crippen molar-refractivity contribution in [3.8, 4) is 0 Å². The van der Waals surface area contributed by atoms with Crippen LogP contribution in [0.2, 0.25) is 0 Å². The molecule has 0 aliphatic heterocycles. The highest BCUT2D eigenvalue weighted by Crippen LogP contribution is 2.27. The van der Waals surface area contributed by atoms with Crippen molar-refractivity contribution >= 4 is 0 Å². The van der Waals surface area contributed by atoms with Gasteiger partial charge in [0.2, 0.25) is 0 Å².